The second kappa shape index (κ2) is 13.9. The Bertz CT molecular complexity index is 661. The Morgan fingerprint density at radius 2 is 1.84 bits per heavy atom. The molecule has 31 heavy (non-hydrogen) atoms. The molecule has 1 saturated carbocycles. The zero-order chi connectivity index (χ0) is 23.4. The Kier molecular flexibility index (Phi) is 12.0. The van der Waals surface area contributed by atoms with Crippen molar-refractivity contribution in [2.24, 2.45) is 16.6 Å². The molecule has 7 heteroatoms. The van der Waals surface area contributed by atoms with Crippen LogP contribution in [0, 0.1) is 5.92 Å². The van der Waals surface area contributed by atoms with Gasteiger partial charge in [-0.15, -0.1) is 0 Å². The second-order valence-corrected chi connectivity index (χ2v) is 9.03. The highest BCUT2D eigenvalue weighted by molar-refractivity contribution is 5.89. The van der Waals surface area contributed by atoms with E-state index in [-0.39, 0.29) is 6.03 Å². The lowest BCUT2D eigenvalue weighted by Crippen LogP contribution is -2.46. The summed E-state index contributed by atoms with van der Waals surface area (Å²) in [5, 5.41) is 2.47. The number of nitrogens with zero attached hydrogens (tertiary/aromatic N) is 3. The monoisotopic (exact) mass is 433 g/mol. The molecule has 3 amide bonds. The lowest BCUT2D eigenvalue weighted by Gasteiger charge is -2.31. The standard InChI is InChI=1S/C16H29N3O.C8H14N2O/c1-13(17)12-18(11-9-15-7-3-4-8-15)16(20)19-10-5-6-14(19)2;1-6(2)7(3)10-8(4)9-5-11/h14-15H,1,3-12,17H2,2H3;5H,1-4H3,(H,9,10,11). The largest absolute Gasteiger partial charge is 0.401 e. The molecule has 7 nitrogen and oxygen atoms in total. The summed E-state index contributed by atoms with van der Waals surface area (Å²) in [6.45, 7) is 15.7. The zero-order valence-electron chi connectivity index (χ0n) is 20.2. The molecule has 2 aliphatic rings. The zero-order valence-corrected chi connectivity index (χ0v) is 20.2. The fourth-order valence-electron chi connectivity index (χ4n) is 4.00. The van der Waals surface area contributed by atoms with Gasteiger partial charge in [-0.05, 0) is 59.8 Å². The average Bonchev–Trinajstić information content (AvgIpc) is 3.36. The van der Waals surface area contributed by atoms with Crippen LogP contribution in [0.5, 0.6) is 0 Å². The highest BCUT2D eigenvalue weighted by Crippen LogP contribution is 2.28. The maximum absolute atomic E-state index is 12.7. The summed E-state index contributed by atoms with van der Waals surface area (Å²) in [4.78, 5) is 30.6. The number of urea groups is 1. The van der Waals surface area contributed by atoms with Gasteiger partial charge in [-0.25, -0.2) is 9.79 Å². The van der Waals surface area contributed by atoms with E-state index in [1.165, 1.54) is 25.7 Å². The minimum atomic E-state index is 0.152. The SMILES string of the molecule is C=C(N)CN(CCC1CCCC1)C(=O)N1CCCC1C.CC(=NC(C)=C(C)C)NC=O. The predicted octanol–water partition coefficient (Wildman–Crippen LogP) is 4.41. The van der Waals surface area contributed by atoms with Crippen LogP contribution >= 0.6 is 0 Å². The predicted molar refractivity (Wildman–Crippen MR) is 129 cm³/mol. The Labute approximate surface area is 188 Å². The topological polar surface area (TPSA) is 91.0 Å². The Balaban J connectivity index is 0.000000373. The van der Waals surface area contributed by atoms with Gasteiger partial charge in [0.05, 0.1) is 6.54 Å². The summed E-state index contributed by atoms with van der Waals surface area (Å²) in [6.07, 6.45) is 9.32. The van der Waals surface area contributed by atoms with Crippen LogP contribution in [-0.2, 0) is 4.79 Å². The first-order chi connectivity index (χ1) is 14.6. The van der Waals surface area contributed by atoms with Crippen molar-refractivity contribution in [3.05, 3.63) is 23.5 Å². The van der Waals surface area contributed by atoms with Crippen molar-refractivity contribution in [2.45, 2.75) is 85.6 Å². The fraction of sp³-hybridized carbons (Fsp3) is 0.708. The average molecular weight is 434 g/mol. The molecule has 0 spiro atoms. The highest BCUT2D eigenvalue weighted by Gasteiger charge is 2.29. The van der Waals surface area contributed by atoms with Crippen molar-refractivity contribution in [2.75, 3.05) is 19.6 Å². The van der Waals surface area contributed by atoms with E-state index in [1.807, 2.05) is 30.6 Å². The Morgan fingerprint density at radius 1 is 1.19 bits per heavy atom. The fourth-order valence-corrected chi connectivity index (χ4v) is 4.00. The summed E-state index contributed by atoms with van der Waals surface area (Å²) in [5.74, 6) is 1.42. The van der Waals surface area contributed by atoms with Crippen LogP contribution in [0.15, 0.2) is 28.5 Å². The number of rotatable bonds is 7. The molecule has 3 N–H and O–H groups in total. The summed E-state index contributed by atoms with van der Waals surface area (Å²) in [6, 6.07) is 0.516. The third-order valence-corrected chi connectivity index (χ3v) is 6.07. The van der Waals surface area contributed by atoms with E-state index < -0.39 is 0 Å². The number of nitrogens with two attached hydrogens (primary N) is 1. The lowest BCUT2D eigenvalue weighted by atomic mass is 10.0. The first kappa shape index (κ1) is 26.7. The lowest BCUT2D eigenvalue weighted by molar-refractivity contribution is -0.108. The molecule has 0 aromatic rings. The van der Waals surface area contributed by atoms with Gasteiger partial charge in [0.2, 0.25) is 6.41 Å². The molecule has 1 atom stereocenters. The van der Waals surface area contributed by atoms with E-state index in [2.05, 4.69) is 23.8 Å². The molecular formula is C24H43N5O2. The third kappa shape index (κ3) is 10.0. The molecule has 1 heterocycles. The maximum Gasteiger partial charge on any atom is 0.320 e. The minimum absolute atomic E-state index is 0.152. The Hall–Kier alpha value is -2.31. The number of aliphatic imine (C=N–C) groups is 1. The van der Waals surface area contributed by atoms with Crippen LogP contribution in [0.1, 0.15) is 79.6 Å². The van der Waals surface area contributed by atoms with E-state index in [0.717, 1.165) is 49.5 Å². The van der Waals surface area contributed by atoms with E-state index >= 15 is 0 Å². The molecule has 0 radical (unpaired) electrons. The van der Waals surface area contributed by atoms with E-state index in [1.54, 1.807) is 6.92 Å². The first-order valence-electron chi connectivity index (χ1n) is 11.5. The number of likely N-dealkylation sites (tertiary alicyclic amines) is 1. The van der Waals surface area contributed by atoms with Crippen LogP contribution in [0.4, 0.5) is 4.79 Å². The van der Waals surface area contributed by atoms with Crippen LogP contribution in [-0.4, -0.2) is 53.8 Å². The molecule has 2 fully saturated rings. The maximum atomic E-state index is 12.7. The molecule has 176 valence electrons. The molecular weight excluding hydrogens is 390 g/mol. The minimum Gasteiger partial charge on any atom is -0.401 e. The van der Waals surface area contributed by atoms with Gasteiger partial charge in [0, 0.05) is 30.5 Å². The number of nitrogens with one attached hydrogen (secondary N) is 1. The summed E-state index contributed by atoms with van der Waals surface area (Å²) in [7, 11) is 0. The van der Waals surface area contributed by atoms with Crippen molar-refractivity contribution in [3.8, 4) is 0 Å². The van der Waals surface area contributed by atoms with Gasteiger partial charge in [0.25, 0.3) is 0 Å². The number of carbonyl (C=O) groups is 2. The molecule has 1 saturated heterocycles. The van der Waals surface area contributed by atoms with Crippen LogP contribution in [0.2, 0.25) is 0 Å². The van der Waals surface area contributed by atoms with Crippen LogP contribution < -0.4 is 11.1 Å². The highest BCUT2D eigenvalue weighted by atomic mass is 16.2. The van der Waals surface area contributed by atoms with Gasteiger partial charge in [-0.2, -0.15) is 0 Å². The number of carbonyl (C=O) groups excluding carboxylic acids is 2. The molecule has 1 unspecified atom stereocenters. The number of allylic oxidation sites excluding steroid dienone is 2. The van der Waals surface area contributed by atoms with Crippen LogP contribution in [0.3, 0.4) is 0 Å². The Morgan fingerprint density at radius 3 is 2.32 bits per heavy atom. The van der Waals surface area contributed by atoms with Crippen molar-refractivity contribution < 1.29 is 9.59 Å². The van der Waals surface area contributed by atoms with E-state index in [0.29, 0.717) is 30.5 Å². The van der Waals surface area contributed by atoms with Gasteiger partial charge in [-0.1, -0.05) is 37.8 Å². The second-order valence-electron chi connectivity index (χ2n) is 9.03. The number of amides is 3. The smallest absolute Gasteiger partial charge is 0.320 e. The summed E-state index contributed by atoms with van der Waals surface area (Å²) >= 11 is 0. The van der Waals surface area contributed by atoms with Gasteiger partial charge in [0.1, 0.15) is 5.84 Å². The summed E-state index contributed by atoms with van der Waals surface area (Å²) in [5.41, 5.74) is 8.41. The third-order valence-electron chi connectivity index (χ3n) is 6.07. The van der Waals surface area contributed by atoms with Gasteiger partial charge in [-0.3, -0.25) is 4.79 Å². The van der Waals surface area contributed by atoms with E-state index in [9.17, 15) is 9.59 Å². The number of hydrogen-bond donors (Lipinski definition) is 2. The molecule has 0 bridgehead atoms. The van der Waals surface area contributed by atoms with Crippen molar-refractivity contribution in [1.82, 2.24) is 15.1 Å². The first-order valence-corrected chi connectivity index (χ1v) is 11.5. The summed E-state index contributed by atoms with van der Waals surface area (Å²) < 4.78 is 0. The van der Waals surface area contributed by atoms with Gasteiger partial charge < -0.3 is 20.9 Å². The van der Waals surface area contributed by atoms with Crippen molar-refractivity contribution >= 4 is 18.3 Å². The number of hydrogen-bond acceptors (Lipinski definition) is 4. The molecule has 0 aromatic carbocycles. The van der Waals surface area contributed by atoms with Gasteiger partial charge in [0.15, 0.2) is 0 Å². The quantitative estimate of drug-likeness (QED) is 0.354. The van der Waals surface area contributed by atoms with E-state index in [4.69, 9.17) is 5.73 Å². The number of amidine groups is 1. The molecule has 1 aliphatic heterocycles. The van der Waals surface area contributed by atoms with Gasteiger partial charge >= 0.3 is 6.03 Å². The molecule has 2 rings (SSSR count). The normalized spacial score (nSPS) is 18.8. The van der Waals surface area contributed by atoms with Crippen LogP contribution in [0.25, 0.3) is 0 Å². The van der Waals surface area contributed by atoms with Crippen molar-refractivity contribution in [1.29, 1.82) is 0 Å². The van der Waals surface area contributed by atoms with Crippen molar-refractivity contribution in [3.63, 3.8) is 0 Å². The molecule has 0 aromatic heterocycles. The molecule has 1 aliphatic carbocycles.